The average Bonchev–Trinajstić information content (AvgIpc) is 2.93. The van der Waals surface area contributed by atoms with Crippen LogP contribution in [0.1, 0.15) is 13.3 Å². The molecule has 0 aliphatic rings. The fraction of sp³-hybridized carbons (Fsp3) is 0.357. The number of methoxy groups -OCH3 is 1. The van der Waals surface area contributed by atoms with Gasteiger partial charge >= 0.3 is 17.8 Å². The van der Waals surface area contributed by atoms with E-state index in [-0.39, 0.29) is 21.8 Å². The normalized spacial score (nSPS) is 14.0. The number of nitrogens with zero attached hydrogens (tertiary/aromatic N) is 1. The quantitative estimate of drug-likeness (QED) is 0.474. The van der Waals surface area contributed by atoms with Crippen LogP contribution in [0.15, 0.2) is 18.2 Å². The van der Waals surface area contributed by atoms with E-state index in [1.54, 1.807) is 5.32 Å². The summed E-state index contributed by atoms with van der Waals surface area (Å²) in [4.78, 5) is 27.4. The van der Waals surface area contributed by atoms with Gasteiger partial charge in [0.15, 0.2) is 5.13 Å². The van der Waals surface area contributed by atoms with Crippen LogP contribution in [0.5, 0.6) is 0 Å². The highest BCUT2D eigenvalue weighted by Gasteiger charge is 2.63. The Labute approximate surface area is 143 Å². The van der Waals surface area contributed by atoms with Gasteiger partial charge in [0.1, 0.15) is 5.82 Å². The second-order valence-electron chi connectivity index (χ2n) is 4.90. The van der Waals surface area contributed by atoms with Crippen LogP contribution in [0.4, 0.5) is 22.7 Å². The van der Waals surface area contributed by atoms with Crippen molar-refractivity contribution in [3.05, 3.63) is 24.0 Å². The van der Waals surface area contributed by atoms with Crippen molar-refractivity contribution in [3.63, 3.8) is 0 Å². The molecule has 2 rings (SSSR count). The highest BCUT2D eigenvalue weighted by molar-refractivity contribution is 7.22. The Kier molecular flexibility index (Phi) is 5.16. The Morgan fingerprint density at radius 1 is 1.32 bits per heavy atom. The summed E-state index contributed by atoms with van der Waals surface area (Å²) in [6.45, 7) is 1.33. The molecule has 2 N–H and O–H groups in total. The topological polar surface area (TPSA) is 80.3 Å². The minimum Gasteiger partial charge on any atom is -0.466 e. The number of aromatic nitrogens is 1. The second kappa shape index (κ2) is 6.82. The lowest BCUT2D eigenvalue weighted by atomic mass is 10.1. The molecule has 136 valence electrons. The third-order valence-corrected chi connectivity index (χ3v) is 4.14. The summed E-state index contributed by atoms with van der Waals surface area (Å²) in [5, 5.41) is 3.20. The van der Waals surface area contributed by atoms with E-state index in [1.165, 1.54) is 13.0 Å². The van der Waals surface area contributed by atoms with Gasteiger partial charge < -0.3 is 15.4 Å². The molecule has 0 radical (unpaired) electrons. The van der Waals surface area contributed by atoms with Gasteiger partial charge in [0.05, 0.1) is 17.3 Å². The van der Waals surface area contributed by atoms with Crippen LogP contribution >= 0.6 is 11.3 Å². The van der Waals surface area contributed by atoms with Crippen LogP contribution in [0.25, 0.3) is 10.2 Å². The van der Waals surface area contributed by atoms with E-state index < -0.39 is 29.5 Å². The van der Waals surface area contributed by atoms with Crippen molar-refractivity contribution in [2.75, 3.05) is 12.4 Å². The highest BCUT2D eigenvalue weighted by Crippen LogP contribution is 2.35. The maximum Gasteiger partial charge on any atom is 0.442 e. The maximum absolute atomic E-state index is 13.7. The molecule has 0 spiro atoms. The van der Waals surface area contributed by atoms with Crippen molar-refractivity contribution < 1.29 is 31.9 Å². The fourth-order valence-corrected chi connectivity index (χ4v) is 2.90. The number of amides is 1. The monoisotopic (exact) mass is 379 g/mol. The lowest BCUT2D eigenvalue weighted by molar-refractivity contribution is -0.206. The predicted octanol–water partition coefficient (Wildman–Crippen LogP) is 2.81. The van der Waals surface area contributed by atoms with Crippen LogP contribution in [0, 0.1) is 5.82 Å². The molecule has 11 heteroatoms. The molecule has 0 aliphatic heterocycles. The van der Waals surface area contributed by atoms with Gasteiger partial charge in [-0.25, -0.2) is 14.2 Å². The number of alkyl halides is 3. The van der Waals surface area contributed by atoms with E-state index in [9.17, 15) is 27.2 Å². The van der Waals surface area contributed by atoms with Crippen molar-refractivity contribution >= 4 is 38.6 Å². The van der Waals surface area contributed by atoms with Gasteiger partial charge in [-0.15, -0.1) is 0 Å². The number of carbonyl (C=O) groups is 2. The largest absolute Gasteiger partial charge is 0.466 e. The summed E-state index contributed by atoms with van der Waals surface area (Å²) < 4.78 is 58.7. The summed E-state index contributed by atoms with van der Waals surface area (Å²) in [6, 6.07) is 3.47. The van der Waals surface area contributed by atoms with Gasteiger partial charge in [0, 0.05) is 6.42 Å². The van der Waals surface area contributed by atoms with Crippen molar-refractivity contribution in [2.45, 2.75) is 25.2 Å². The zero-order valence-electron chi connectivity index (χ0n) is 13.0. The second-order valence-corrected chi connectivity index (χ2v) is 5.93. The van der Waals surface area contributed by atoms with Gasteiger partial charge in [-0.3, -0.25) is 4.79 Å². The number of hydrogen-bond donors (Lipinski definition) is 2. The Balaban J connectivity index is 2.52. The van der Waals surface area contributed by atoms with Gasteiger partial charge in [-0.1, -0.05) is 18.3 Å². The van der Waals surface area contributed by atoms with E-state index >= 15 is 0 Å². The van der Waals surface area contributed by atoms with Gasteiger partial charge in [-0.2, -0.15) is 13.2 Å². The molecule has 0 bridgehead atoms. The van der Waals surface area contributed by atoms with Crippen molar-refractivity contribution in [3.8, 4) is 0 Å². The van der Waals surface area contributed by atoms with E-state index in [4.69, 9.17) is 0 Å². The smallest absolute Gasteiger partial charge is 0.442 e. The molecule has 0 aliphatic carbocycles. The zero-order valence-corrected chi connectivity index (χ0v) is 13.8. The fourth-order valence-electron chi connectivity index (χ4n) is 1.95. The van der Waals surface area contributed by atoms with Gasteiger partial charge in [-0.05, 0) is 18.2 Å². The molecule has 0 saturated heterocycles. The summed E-state index contributed by atoms with van der Waals surface area (Å²) in [5.74, 6) is -3.37. The Morgan fingerprint density at radius 2 is 2.00 bits per heavy atom. The van der Waals surface area contributed by atoms with Crippen LogP contribution in [0.2, 0.25) is 0 Å². The first-order valence-corrected chi connectivity index (χ1v) is 7.75. The molecule has 1 amide bonds. The Bertz CT molecular complexity index is 808. The van der Waals surface area contributed by atoms with E-state index in [0.717, 1.165) is 19.2 Å². The summed E-state index contributed by atoms with van der Waals surface area (Å²) in [7, 11) is 0.760. The molecule has 2 aromatic rings. The number of fused-ring (bicyclic) bond motifs is 1. The first-order valence-electron chi connectivity index (χ1n) is 6.93. The summed E-state index contributed by atoms with van der Waals surface area (Å²) in [6.07, 6.45) is -5.52. The first kappa shape index (κ1) is 18.9. The lowest BCUT2D eigenvalue weighted by Gasteiger charge is -2.33. The van der Waals surface area contributed by atoms with Crippen LogP contribution in [-0.4, -0.2) is 35.8 Å². The third-order valence-electron chi connectivity index (χ3n) is 3.21. The first-order chi connectivity index (χ1) is 11.6. The predicted molar refractivity (Wildman–Crippen MR) is 82.4 cm³/mol. The number of thiazole rings is 1. The molecule has 25 heavy (non-hydrogen) atoms. The van der Waals surface area contributed by atoms with E-state index in [1.807, 2.05) is 5.32 Å². The number of carbonyl (C=O) groups excluding carboxylic acids is 2. The lowest BCUT2D eigenvalue weighted by Crippen LogP contribution is -2.69. The van der Waals surface area contributed by atoms with Crippen LogP contribution in [0.3, 0.4) is 0 Å². The molecule has 6 nitrogen and oxygen atoms in total. The SMILES string of the molecule is CCC(=O)NC(Nc1nc2ccc(F)cc2s1)(C(=O)OC)C(F)(F)F. The Hall–Kier alpha value is -2.43. The van der Waals surface area contributed by atoms with Crippen molar-refractivity contribution in [1.29, 1.82) is 0 Å². The summed E-state index contributed by atoms with van der Waals surface area (Å²) in [5.41, 5.74) is -3.28. The van der Waals surface area contributed by atoms with E-state index in [2.05, 4.69) is 9.72 Å². The number of nitrogens with one attached hydrogen (secondary N) is 2. The zero-order chi connectivity index (χ0) is 18.8. The van der Waals surface area contributed by atoms with Crippen molar-refractivity contribution in [1.82, 2.24) is 10.3 Å². The third kappa shape index (κ3) is 3.65. The number of esters is 1. The molecule has 1 aromatic heterocycles. The molecular weight excluding hydrogens is 366 g/mol. The number of ether oxygens (including phenoxy) is 1. The van der Waals surface area contributed by atoms with Crippen molar-refractivity contribution in [2.24, 2.45) is 0 Å². The molecule has 1 atom stereocenters. The molecule has 1 unspecified atom stereocenters. The van der Waals surface area contributed by atoms with E-state index in [0.29, 0.717) is 11.3 Å². The molecule has 1 heterocycles. The standard InChI is InChI=1S/C14H13F4N3O3S/c1-3-10(22)20-13(11(23)24-2,14(16,17)18)21-12-19-8-5-4-7(15)6-9(8)25-12/h4-6H,3H2,1-2H3,(H,19,21)(H,20,22). The molecule has 0 fully saturated rings. The summed E-state index contributed by atoms with van der Waals surface area (Å²) >= 11 is 0.696. The number of halogens is 4. The molecule has 0 saturated carbocycles. The average molecular weight is 379 g/mol. The number of hydrogen-bond acceptors (Lipinski definition) is 6. The minimum absolute atomic E-state index is 0.233. The molecule has 1 aromatic carbocycles. The maximum atomic E-state index is 13.7. The number of benzene rings is 1. The minimum atomic E-state index is -5.23. The van der Waals surface area contributed by atoms with Crippen LogP contribution in [-0.2, 0) is 14.3 Å². The van der Waals surface area contributed by atoms with Gasteiger partial charge in [0.25, 0.3) is 0 Å². The van der Waals surface area contributed by atoms with Crippen LogP contribution < -0.4 is 10.6 Å². The number of anilines is 1. The highest BCUT2D eigenvalue weighted by atomic mass is 32.1. The molecular formula is C14H13F4N3O3S. The van der Waals surface area contributed by atoms with Gasteiger partial charge in [0.2, 0.25) is 5.91 Å². The number of rotatable bonds is 5. The Morgan fingerprint density at radius 3 is 2.56 bits per heavy atom.